The van der Waals surface area contributed by atoms with Crippen molar-refractivity contribution in [3.63, 3.8) is 0 Å². The molecule has 35 heavy (non-hydrogen) atoms. The fourth-order valence-corrected chi connectivity index (χ4v) is 4.47. The van der Waals surface area contributed by atoms with Gasteiger partial charge in [0.1, 0.15) is 18.1 Å². The van der Waals surface area contributed by atoms with E-state index in [1.165, 1.54) is 37.1 Å². The Balaban J connectivity index is 1.78. The van der Waals surface area contributed by atoms with E-state index < -0.39 is 28.5 Å². The van der Waals surface area contributed by atoms with E-state index >= 15 is 0 Å². The quantitative estimate of drug-likeness (QED) is 0.442. The SMILES string of the molecule is CCS(=O)(=O)c1ccc(N(C)C(=O)C2CC2)nc1-c1cc2cnn(CC(F)(F)C(F)(F)F)c2cn1. The lowest BCUT2D eigenvalue weighted by Crippen LogP contribution is -2.40. The van der Waals surface area contributed by atoms with Crippen molar-refractivity contribution in [3.05, 3.63) is 30.6 Å². The molecule has 4 rings (SSSR count). The predicted molar refractivity (Wildman–Crippen MR) is 116 cm³/mol. The number of carbonyl (C=O) groups excluding carboxylic acids is 1. The van der Waals surface area contributed by atoms with Crippen LogP contribution < -0.4 is 4.90 Å². The van der Waals surface area contributed by atoms with Gasteiger partial charge in [-0.25, -0.2) is 13.4 Å². The van der Waals surface area contributed by atoms with E-state index in [4.69, 9.17) is 0 Å². The van der Waals surface area contributed by atoms with Crippen molar-refractivity contribution >= 4 is 32.5 Å². The van der Waals surface area contributed by atoms with Crippen LogP contribution in [0.2, 0.25) is 0 Å². The zero-order valence-electron chi connectivity index (χ0n) is 18.6. The molecule has 3 heterocycles. The highest BCUT2D eigenvalue weighted by molar-refractivity contribution is 7.91. The molecular formula is C21H20F5N5O3S. The van der Waals surface area contributed by atoms with E-state index in [2.05, 4.69) is 15.1 Å². The number of hydrogen-bond acceptors (Lipinski definition) is 6. The second-order valence-corrected chi connectivity index (χ2v) is 10.5. The first-order chi connectivity index (χ1) is 16.2. The number of rotatable bonds is 7. The van der Waals surface area contributed by atoms with Gasteiger partial charge in [-0.15, -0.1) is 0 Å². The summed E-state index contributed by atoms with van der Waals surface area (Å²) in [4.78, 5) is 22.1. The summed E-state index contributed by atoms with van der Waals surface area (Å²) in [5, 5.41) is 3.77. The van der Waals surface area contributed by atoms with Crippen LogP contribution >= 0.6 is 0 Å². The Morgan fingerprint density at radius 2 is 1.86 bits per heavy atom. The highest BCUT2D eigenvalue weighted by atomic mass is 32.2. The molecule has 1 amide bonds. The van der Waals surface area contributed by atoms with Gasteiger partial charge in [0, 0.05) is 18.4 Å². The highest BCUT2D eigenvalue weighted by Gasteiger charge is 2.57. The Bertz CT molecular complexity index is 1400. The van der Waals surface area contributed by atoms with E-state index in [0.717, 1.165) is 25.2 Å². The predicted octanol–water partition coefficient (Wildman–Crippen LogP) is 3.86. The molecular weight excluding hydrogens is 497 g/mol. The molecule has 0 bridgehead atoms. The van der Waals surface area contributed by atoms with Crippen LogP contribution in [-0.4, -0.2) is 59.0 Å². The molecule has 0 aliphatic heterocycles. The molecule has 188 valence electrons. The lowest BCUT2D eigenvalue weighted by Gasteiger charge is -2.19. The average Bonchev–Trinajstić information content (AvgIpc) is 3.58. The highest BCUT2D eigenvalue weighted by Crippen LogP contribution is 2.38. The number of alkyl halides is 5. The van der Waals surface area contributed by atoms with Crippen molar-refractivity contribution in [1.82, 2.24) is 19.7 Å². The monoisotopic (exact) mass is 517 g/mol. The topological polar surface area (TPSA) is 98.0 Å². The van der Waals surface area contributed by atoms with Gasteiger partial charge >= 0.3 is 12.1 Å². The van der Waals surface area contributed by atoms with Gasteiger partial charge in [-0.2, -0.15) is 27.1 Å². The van der Waals surface area contributed by atoms with E-state index in [9.17, 15) is 35.2 Å². The van der Waals surface area contributed by atoms with Crippen molar-refractivity contribution in [2.24, 2.45) is 5.92 Å². The molecule has 14 heteroatoms. The fourth-order valence-electron chi connectivity index (χ4n) is 3.44. The number of halogens is 5. The van der Waals surface area contributed by atoms with E-state index in [0.29, 0.717) is 4.68 Å². The third kappa shape index (κ3) is 4.70. The summed E-state index contributed by atoms with van der Waals surface area (Å²) >= 11 is 0. The zero-order valence-corrected chi connectivity index (χ0v) is 19.4. The third-order valence-electron chi connectivity index (χ3n) is 5.69. The smallest absolute Gasteiger partial charge is 0.300 e. The van der Waals surface area contributed by atoms with Crippen molar-refractivity contribution in [2.45, 2.75) is 43.3 Å². The van der Waals surface area contributed by atoms with E-state index in [1.54, 1.807) is 0 Å². The minimum absolute atomic E-state index is 0.0285. The zero-order chi connectivity index (χ0) is 25.8. The van der Waals surface area contributed by atoms with Gasteiger partial charge in [0.05, 0.1) is 34.3 Å². The van der Waals surface area contributed by atoms with Crippen molar-refractivity contribution in [2.75, 3.05) is 17.7 Å². The maximum atomic E-state index is 13.5. The van der Waals surface area contributed by atoms with E-state index in [1.807, 2.05) is 0 Å². The maximum absolute atomic E-state index is 13.5. The summed E-state index contributed by atoms with van der Waals surface area (Å²) in [7, 11) is -2.27. The van der Waals surface area contributed by atoms with Crippen LogP contribution in [0.5, 0.6) is 0 Å². The molecule has 1 aliphatic carbocycles. The second-order valence-electron chi connectivity index (χ2n) is 8.22. The third-order valence-corrected chi connectivity index (χ3v) is 7.45. The molecule has 0 N–H and O–H groups in total. The molecule has 3 aromatic rings. The Kier molecular flexibility index (Phi) is 6.06. The summed E-state index contributed by atoms with van der Waals surface area (Å²) in [5.74, 6) is -5.34. The number of hydrogen-bond donors (Lipinski definition) is 0. The molecule has 3 aromatic heterocycles. The molecule has 0 atom stereocenters. The normalized spacial score (nSPS) is 14.9. The lowest BCUT2D eigenvalue weighted by molar-refractivity contribution is -0.287. The molecule has 0 unspecified atom stereocenters. The Labute approximate surface area is 196 Å². The van der Waals surface area contributed by atoms with Gasteiger partial charge in [-0.05, 0) is 31.0 Å². The fraction of sp³-hybridized carbons (Fsp3) is 0.429. The number of amides is 1. The largest absolute Gasteiger partial charge is 0.455 e. The number of pyridine rings is 2. The molecule has 0 saturated heterocycles. The summed E-state index contributed by atoms with van der Waals surface area (Å²) < 4.78 is 90.7. The Morgan fingerprint density at radius 3 is 2.46 bits per heavy atom. The first-order valence-corrected chi connectivity index (χ1v) is 12.2. The number of sulfone groups is 1. The van der Waals surface area contributed by atoms with E-state index in [-0.39, 0.29) is 50.6 Å². The van der Waals surface area contributed by atoms with Crippen LogP contribution in [0.25, 0.3) is 22.3 Å². The number of aromatic nitrogens is 4. The number of carbonyl (C=O) groups is 1. The number of nitrogens with zero attached hydrogens (tertiary/aromatic N) is 5. The van der Waals surface area contributed by atoms with Crippen molar-refractivity contribution < 1.29 is 35.2 Å². The Hall–Kier alpha value is -3.16. The van der Waals surface area contributed by atoms with Crippen LogP contribution in [-0.2, 0) is 21.2 Å². The van der Waals surface area contributed by atoms with Gasteiger partial charge in [0.25, 0.3) is 0 Å². The summed E-state index contributed by atoms with van der Waals surface area (Å²) in [6.45, 7) is -0.296. The van der Waals surface area contributed by atoms with Gasteiger partial charge < -0.3 is 0 Å². The van der Waals surface area contributed by atoms with Gasteiger partial charge in [0.15, 0.2) is 9.84 Å². The van der Waals surface area contributed by atoms with Crippen LogP contribution in [0, 0.1) is 5.92 Å². The first kappa shape index (κ1) is 24.9. The second kappa shape index (κ2) is 8.50. The molecule has 0 radical (unpaired) electrons. The summed E-state index contributed by atoms with van der Waals surface area (Å²) in [6.07, 6.45) is -2.13. The molecule has 0 aromatic carbocycles. The number of anilines is 1. The minimum Gasteiger partial charge on any atom is -0.300 e. The molecule has 0 spiro atoms. The van der Waals surface area contributed by atoms with Crippen LogP contribution in [0.1, 0.15) is 19.8 Å². The number of fused-ring (bicyclic) bond motifs is 1. The van der Waals surface area contributed by atoms with Crippen LogP contribution in [0.15, 0.2) is 35.5 Å². The molecule has 1 fully saturated rings. The minimum atomic E-state index is -5.75. The average molecular weight is 517 g/mol. The summed E-state index contributed by atoms with van der Waals surface area (Å²) in [6, 6.07) is 4.02. The Morgan fingerprint density at radius 1 is 1.17 bits per heavy atom. The maximum Gasteiger partial charge on any atom is 0.455 e. The van der Waals surface area contributed by atoms with Crippen LogP contribution in [0.3, 0.4) is 0 Å². The van der Waals surface area contributed by atoms with Crippen LogP contribution in [0.4, 0.5) is 27.8 Å². The molecule has 1 saturated carbocycles. The van der Waals surface area contributed by atoms with Gasteiger partial charge in [0.2, 0.25) is 5.91 Å². The van der Waals surface area contributed by atoms with Crippen molar-refractivity contribution in [3.8, 4) is 11.4 Å². The molecule has 8 nitrogen and oxygen atoms in total. The summed E-state index contributed by atoms with van der Waals surface area (Å²) in [5.41, 5.74) is -0.148. The van der Waals surface area contributed by atoms with Crippen molar-refractivity contribution in [1.29, 1.82) is 0 Å². The molecule has 1 aliphatic rings. The van der Waals surface area contributed by atoms with Gasteiger partial charge in [-0.1, -0.05) is 6.92 Å². The first-order valence-electron chi connectivity index (χ1n) is 10.5. The standard InChI is InChI=1S/C21H20F5N5O3S/c1-3-35(33,34)16-6-7-17(30(2)19(32)12-4-5-12)29-18(16)14-8-13-9-28-31(15(13)10-27-14)11-20(22,23)21(24,25)26/h6-10,12H,3-5,11H2,1-2H3. The lowest BCUT2D eigenvalue weighted by atomic mass is 10.2. The van der Waals surface area contributed by atoms with Gasteiger partial charge in [-0.3, -0.25) is 19.4 Å².